The van der Waals surface area contributed by atoms with Crippen molar-refractivity contribution in [1.82, 2.24) is 25.1 Å². The fraction of sp³-hybridized carbons (Fsp3) is 0.452. The number of aliphatic hydroxyl groups is 1. The maximum atomic E-state index is 13.6. The summed E-state index contributed by atoms with van der Waals surface area (Å²) >= 11 is 0. The van der Waals surface area contributed by atoms with E-state index in [1.54, 1.807) is 6.20 Å². The van der Waals surface area contributed by atoms with Gasteiger partial charge in [-0.2, -0.15) is 0 Å². The Bertz CT molecular complexity index is 1380. The zero-order chi connectivity index (χ0) is 28.3. The molecule has 2 fully saturated rings. The van der Waals surface area contributed by atoms with E-state index in [1.165, 1.54) is 0 Å². The number of hydrogen-bond donors (Lipinski definition) is 3. The van der Waals surface area contributed by atoms with E-state index in [4.69, 9.17) is 9.47 Å². The first-order valence-electron chi connectivity index (χ1n) is 14.4. The second-order valence-corrected chi connectivity index (χ2v) is 11.2. The Morgan fingerprint density at radius 2 is 1.93 bits per heavy atom. The average Bonchev–Trinajstić information content (AvgIpc) is 3.58. The van der Waals surface area contributed by atoms with Crippen molar-refractivity contribution in [3.8, 4) is 16.9 Å². The number of aryl methyl sites for hydroxylation is 1. The Morgan fingerprint density at radius 3 is 2.73 bits per heavy atom. The molecule has 5 atom stereocenters. The van der Waals surface area contributed by atoms with Gasteiger partial charge < -0.3 is 29.8 Å². The number of aromatic nitrogens is 2. The molecule has 3 aromatic rings. The molecule has 216 valence electrons. The summed E-state index contributed by atoms with van der Waals surface area (Å²) in [6, 6.07) is 14.9. The van der Waals surface area contributed by atoms with E-state index in [9.17, 15) is 14.7 Å². The topological polar surface area (TPSA) is 118 Å². The van der Waals surface area contributed by atoms with Gasteiger partial charge in [0.05, 0.1) is 37.0 Å². The van der Waals surface area contributed by atoms with Crippen molar-refractivity contribution in [3.05, 3.63) is 72.3 Å². The molecule has 2 aromatic carbocycles. The van der Waals surface area contributed by atoms with E-state index >= 15 is 0 Å². The Labute approximate surface area is 239 Å². The van der Waals surface area contributed by atoms with E-state index in [-0.39, 0.29) is 30.5 Å². The number of ether oxygens (including phenoxy) is 2. The Balaban J connectivity index is 1.30. The number of aliphatic hydroxyl groups excluding tert-OH is 1. The molecular weight excluding hydrogens is 522 g/mol. The lowest BCUT2D eigenvalue weighted by molar-refractivity contribution is -0.133. The molecule has 2 saturated heterocycles. The van der Waals surface area contributed by atoms with Gasteiger partial charge in [0.25, 0.3) is 5.91 Å². The van der Waals surface area contributed by atoms with Crippen LogP contribution in [0, 0.1) is 0 Å². The number of fused-ring (bicyclic) bond motifs is 5. The molecule has 3 aliphatic heterocycles. The summed E-state index contributed by atoms with van der Waals surface area (Å²) in [6.07, 6.45) is 4.74. The van der Waals surface area contributed by atoms with Gasteiger partial charge in [-0.25, -0.2) is 4.98 Å². The maximum absolute atomic E-state index is 13.6. The van der Waals surface area contributed by atoms with Crippen molar-refractivity contribution >= 4 is 11.8 Å². The Hall–Kier alpha value is -3.73. The van der Waals surface area contributed by atoms with E-state index < -0.39 is 18.2 Å². The van der Waals surface area contributed by atoms with Crippen molar-refractivity contribution in [2.24, 2.45) is 7.05 Å². The lowest BCUT2D eigenvalue weighted by Crippen LogP contribution is -2.50. The largest absolute Gasteiger partial charge is 0.493 e. The number of rotatable bonds is 3. The monoisotopic (exact) mass is 559 g/mol. The Kier molecular flexibility index (Phi) is 8.04. The summed E-state index contributed by atoms with van der Waals surface area (Å²) in [5, 5.41) is 16.8. The molecule has 41 heavy (non-hydrogen) atoms. The van der Waals surface area contributed by atoms with Gasteiger partial charge in [-0.1, -0.05) is 36.4 Å². The third-order valence-electron chi connectivity index (χ3n) is 8.40. The highest BCUT2D eigenvalue weighted by Crippen LogP contribution is 2.30. The zero-order valence-corrected chi connectivity index (χ0v) is 23.2. The van der Waals surface area contributed by atoms with Crippen molar-refractivity contribution in [3.63, 3.8) is 0 Å². The quantitative estimate of drug-likeness (QED) is 0.451. The summed E-state index contributed by atoms with van der Waals surface area (Å²) in [5.74, 6) is 0.978. The smallest absolute Gasteiger partial charge is 0.255 e. The van der Waals surface area contributed by atoms with Crippen LogP contribution < -0.4 is 15.4 Å². The molecule has 0 saturated carbocycles. The highest BCUT2D eigenvalue weighted by Gasteiger charge is 2.39. The number of benzene rings is 2. The predicted molar refractivity (Wildman–Crippen MR) is 152 cm³/mol. The first kappa shape index (κ1) is 27.4. The number of carbonyl (C=O) groups is 2. The van der Waals surface area contributed by atoms with Gasteiger partial charge in [-0.05, 0) is 42.5 Å². The molecular formula is C31H37N5O5. The van der Waals surface area contributed by atoms with Gasteiger partial charge in [-0.15, -0.1) is 0 Å². The van der Waals surface area contributed by atoms with Crippen LogP contribution >= 0.6 is 0 Å². The van der Waals surface area contributed by atoms with Gasteiger partial charge in [0.1, 0.15) is 17.7 Å². The number of nitrogens with one attached hydrogen (secondary N) is 2. The third-order valence-corrected chi connectivity index (χ3v) is 8.40. The highest BCUT2D eigenvalue weighted by atomic mass is 16.5. The minimum atomic E-state index is -0.639. The molecule has 3 N–H and O–H groups in total. The average molecular weight is 560 g/mol. The summed E-state index contributed by atoms with van der Waals surface area (Å²) in [4.78, 5) is 33.6. The van der Waals surface area contributed by atoms with Crippen LogP contribution in [-0.4, -0.2) is 81.5 Å². The van der Waals surface area contributed by atoms with Crippen molar-refractivity contribution in [2.45, 2.75) is 62.6 Å². The first-order valence-corrected chi connectivity index (χ1v) is 14.4. The van der Waals surface area contributed by atoms with Gasteiger partial charge in [-0.3, -0.25) is 14.5 Å². The van der Waals surface area contributed by atoms with E-state index in [0.29, 0.717) is 56.7 Å². The number of nitrogens with zero attached hydrogens (tertiary/aromatic N) is 3. The highest BCUT2D eigenvalue weighted by molar-refractivity contribution is 5.98. The first-order chi connectivity index (χ1) is 19.9. The van der Waals surface area contributed by atoms with E-state index in [1.807, 2.05) is 66.3 Å². The number of carbonyl (C=O) groups excluding carboxylic acids is 2. The third kappa shape index (κ3) is 6.14. The normalized spacial score (nSPS) is 27.4. The van der Waals surface area contributed by atoms with Crippen LogP contribution in [0.15, 0.2) is 60.9 Å². The summed E-state index contributed by atoms with van der Waals surface area (Å²) in [5.41, 5.74) is 2.45. The molecule has 4 bridgehead atoms. The van der Waals surface area contributed by atoms with Gasteiger partial charge in [0, 0.05) is 45.0 Å². The minimum absolute atomic E-state index is 0.112. The van der Waals surface area contributed by atoms with Gasteiger partial charge in [0.2, 0.25) is 5.91 Å². The lowest BCUT2D eigenvalue weighted by Gasteiger charge is -2.34. The number of imidazole rings is 1. The molecule has 0 spiro atoms. The number of hydrogen-bond acceptors (Lipinski definition) is 7. The molecule has 4 heterocycles. The minimum Gasteiger partial charge on any atom is -0.493 e. The van der Waals surface area contributed by atoms with Crippen LogP contribution in [0.25, 0.3) is 11.1 Å². The maximum Gasteiger partial charge on any atom is 0.255 e. The standard InChI is InChI=1S/C31H37N5O5/c1-35-13-12-32-29(35)19-36-18-22-16-25(36)31(39)33-17-28-26(37)10-8-23(41-28)11-14-40-27-15-21(20-5-3-2-4-6-20)7-9-24(27)30(38)34-22/h2-7,9,12-13,15,22-23,25-26,28,37H,8,10-11,14,16-19H2,1H3,(H,33,39)(H,34,38)/t22-,23-,25-,26-,28+/m0/s1. The molecule has 0 unspecified atom stereocenters. The van der Waals surface area contributed by atoms with E-state index in [0.717, 1.165) is 17.0 Å². The van der Waals surface area contributed by atoms with Crippen molar-refractivity contribution in [1.29, 1.82) is 0 Å². The van der Waals surface area contributed by atoms with Crippen LogP contribution in [0.1, 0.15) is 41.9 Å². The Morgan fingerprint density at radius 1 is 1.07 bits per heavy atom. The molecule has 0 aliphatic carbocycles. The molecule has 2 amide bonds. The van der Waals surface area contributed by atoms with Gasteiger partial charge >= 0.3 is 0 Å². The zero-order valence-electron chi connectivity index (χ0n) is 23.2. The van der Waals surface area contributed by atoms with Crippen molar-refractivity contribution < 1.29 is 24.2 Å². The van der Waals surface area contributed by atoms with Crippen molar-refractivity contribution in [2.75, 3.05) is 19.7 Å². The lowest BCUT2D eigenvalue weighted by atomic mass is 9.99. The molecule has 6 rings (SSSR count). The summed E-state index contributed by atoms with van der Waals surface area (Å²) in [7, 11) is 1.92. The van der Waals surface area contributed by atoms with Crippen LogP contribution in [0.5, 0.6) is 5.75 Å². The van der Waals surface area contributed by atoms with Crippen LogP contribution in [-0.2, 0) is 23.1 Å². The molecule has 0 radical (unpaired) electrons. The molecule has 1 aromatic heterocycles. The fourth-order valence-electron chi connectivity index (χ4n) is 6.05. The van der Waals surface area contributed by atoms with Crippen LogP contribution in [0.4, 0.5) is 0 Å². The number of amides is 2. The second kappa shape index (κ2) is 12.0. The summed E-state index contributed by atoms with van der Waals surface area (Å²) < 4.78 is 14.4. The van der Waals surface area contributed by atoms with Crippen LogP contribution in [0.3, 0.4) is 0 Å². The SMILES string of the molecule is Cn1ccnc1CN1C[C@@H]2C[C@H]1C(=O)NC[C@H]1O[C@H](CCOc3cc(-c4ccccc4)ccc3C(=O)N2)CC[C@@H]1O. The van der Waals surface area contributed by atoms with Crippen LogP contribution in [0.2, 0.25) is 0 Å². The predicted octanol–water partition coefficient (Wildman–Crippen LogP) is 2.27. The second-order valence-electron chi connectivity index (χ2n) is 11.2. The number of likely N-dealkylation sites (tertiary alicyclic amines) is 1. The molecule has 10 nitrogen and oxygen atoms in total. The fourth-order valence-corrected chi connectivity index (χ4v) is 6.05. The van der Waals surface area contributed by atoms with E-state index in [2.05, 4.69) is 20.5 Å². The van der Waals surface area contributed by atoms with Gasteiger partial charge in [0.15, 0.2) is 0 Å². The molecule has 10 heteroatoms. The molecule has 3 aliphatic rings. The summed E-state index contributed by atoms with van der Waals surface area (Å²) in [6.45, 7) is 1.56.